The zero-order chi connectivity index (χ0) is 8.69. The van der Waals surface area contributed by atoms with Crippen LogP contribution < -0.4 is 5.73 Å². The van der Waals surface area contributed by atoms with Crippen LogP contribution in [0.25, 0.3) is 0 Å². The molecule has 0 bridgehead atoms. The van der Waals surface area contributed by atoms with E-state index in [1.807, 2.05) is 6.92 Å². The van der Waals surface area contributed by atoms with Crippen molar-refractivity contribution in [3.8, 4) is 0 Å². The zero-order valence-electron chi connectivity index (χ0n) is 6.83. The van der Waals surface area contributed by atoms with Gasteiger partial charge in [-0.05, 0) is 19.4 Å². The minimum Gasteiger partial charge on any atom is -0.432 e. The van der Waals surface area contributed by atoms with Crippen LogP contribution in [0.4, 0.5) is 0 Å². The first kappa shape index (κ1) is 9.75. The number of rotatable bonds is 3. The van der Waals surface area contributed by atoms with Gasteiger partial charge in [0, 0.05) is 11.8 Å². The molecular formula is C8H13NO2. The molecule has 0 heterocycles. The van der Waals surface area contributed by atoms with Crippen molar-refractivity contribution in [1.29, 1.82) is 0 Å². The van der Waals surface area contributed by atoms with Gasteiger partial charge in [0.2, 0.25) is 0 Å². The SMILES string of the molecule is CCC=COC(=O)/C=C(/C)N. The Labute approximate surface area is 66.5 Å². The predicted molar refractivity (Wildman–Crippen MR) is 43.5 cm³/mol. The highest BCUT2D eigenvalue weighted by molar-refractivity contribution is 5.82. The Morgan fingerprint density at radius 3 is 2.73 bits per heavy atom. The van der Waals surface area contributed by atoms with Crippen molar-refractivity contribution in [2.45, 2.75) is 20.3 Å². The summed E-state index contributed by atoms with van der Waals surface area (Å²) in [7, 11) is 0. The molecule has 0 unspecified atom stereocenters. The van der Waals surface area contributed by atoms with Crippen molar-refractivity contribution < 1.29 is 9.53 Å². The Hall–Kier alpha value is -1.25. The number of ether oxygens (including phenoxy) is 1. The molecule has 0 aromatic carbocycles. The number of esters is 1. The molecule has 62 valence electrons. The van der Waals surface area contributed by atoms with E-state index in [0.717, 1.165) is 6.42 Å². The summed E-state index contributed by atoms with van der Waals surface area (Å²) in [5.74, 6) is -0.435. The molecule has 0 fully saturated rings. The lowest BCUT2D eigenvalue weighted by atomic mass is 10.4. The lowest BCUT2D eigenvalue weighted by Crippen LogP contribution is -1.99. The van der Waals surface area contributed by atoms with Crippen LogP contribution in [0, 0.1) is 0 Å². The molecule has 0 saturated heterocycles. The molecule has 0 aromatic heterocycles. The first-order valence-electron chi connectivity index (χ1n) is 3.46. The third-order valence-electron chi connectivity index (χ3n) is 0.862. The summed E-state index contributed by atoms with van der Waals surface area (Å²) in [5.41, 5.74) is 5.68. The van der Waals surface area contributed by atoms with E-state index in [1.54, 1.807) is 13.0 Å². The molecule has 3 heteroatoms. The lowest BCUT2D eigenvalue weighted by Gasteiger charge is -1.92. The summed E-state index contributed by atoms with van der Waals surface area (Å²) in [6.07, 6.45) is 5.19. The molecule has 2 N–H and O–H groups in total. The number of hydrogen-bond donors (Lipinski definition) is 1. The molecule has 0 aliphatic carbocycles. The van der Waals surface area contributed by atoms with Crippen LogP contribution in [0.2, 0.25) is 0 Å². The van der Waals surface area contributed by atoms with Crippen molar-refractivity contribution >= 4 is 5.97 Å². The van der Waals surface area contributed by atoms with Gasteiger partial charge < -0.3 is 10.5 Å². The maximum atomic E-state index is 10.7. The third kappa shape index (κ3) is 6.64. The van der Waals surface area contributed by atoms with Gasteiger partial charge in [-0.2, -0.15) is 0 Å². The topological polar surface area (TPSA) is 52.3 Å². The van der Waals surface area contributed by atoms with E-state index in [4.69, 9.17) is 5.73 Å². The third-order valence-corrected chi connectivity index (χ3v) is 0.862. The molecule has 0 aliphatic heterocycles. The summed E-state index contributed by atoms with van der Waals surface area (Å²) in [5, 5.41) is 0. The second kappa shape index (κ2) is 5.53. The Morgan fingerprint density at radius 1 is 1.64 bits per heavy atom. The first-order valence-corrected chi connectivity index (χ1v) is 3.46. The fraction of sp³-hybridized carbons (Fsp3) is 0.375. The number of hydrogen-bond acceptors (Lipinski definition) is 3. The molecular weight excluding hydrogens is 142 g/mol. The van der Waals surface area contributed by atoms with Gasteiger partial charge in [0.1, 0.15) is 0 Å². The molecule has 3 nitrogen and oxygen atoms in total. The Bertz CT molecular complexity index is 179. The summed E-state index contributed by atoms with van der Waals surface area (Å²) < 4.78 is 4.62. The molecule has 0 rings (SSSR count). The van der Waals surface area contributed by atoms with Gasteiger partial charge in [0.25, 0.3) is 0 Å². The summed E-state index contributed by atoms with van der Waals surface area (Å²) in [6, 6.07) is 0. The molecule has 0 aromatic rings. The average molecular weight is 155 g/mol. The molecule has 0 saturated carbocycles. The van der Waals surface area contributed by atoms with Crippen LogP contribution >= 0.6 is 0 Å². The molecule has 0 radical (unpaired) electrons. The highest BCUT2D eigenvalue weighted by Crippen LogP contribution is 1.87. The Kier molecular flexibility index (Phi) is 4.90. The summed E-state index contributed by atoms with van der Waals surface area (Å²) >= 11 is 0. The Morgan fingerprint density at radius 2 is 2.27 bits per heavy atom. The van der Waals surface area contributed by atoms with E-state index in [9.17, 15) is 4.79 Å². The van der Waals surface area contributed by atoms with E-state index in [-0.39, 0.29) is 0 Å². The van der Waals surface area contributed by atoms with E-state index < -0.39 is 5.97 Å². The predicted octanol–water partition coefficient (Wildman–Crippen LogP) is 1.32. The van der Waals surface area contributed by atoms with Crippen LogP contribution in [0.3, 0.4) is 0 Å². The molecule has 0 atom stereocenters. The van der Waals surface area contributed by atoms with Crippen LogP contribution in [-0.2, 0) is 9.53 Å². The molecule has 0 amide bonds. The van der Waals surface area contributed by atoms with Crippen LogP contribution in [0.1, 0.15) is 20.3 Å². The van der Waals surface area contributed by atoms with E-state index >= 15 is 0 Å². The van der Waals surface area contributed by atoms with Gasteiger partial charge in [-0.1, -0.05) is 6.92 Å². The fourth-order valence-corrected chi connectivity index (χ4v) is 0.431. The van der Waals surface area contributed by atoms with Crippen molar-refractivity contribution in [2.24, 2.45) is 5.73 Å². The van der Waals surface area contributed by atoms with Crippen LogP contribution in [0.5, 0.6) is 0 Å². The first-order chi connectivity index (χ1) is 5.16. The van der Waals surface area contributed by atoms with Gasteiger partial charge in [-0.15, -0.1) is 0 Å². The number of carbonyl (C=O) groups excluding carboxylic acids is 1. The average Bonchev–Trinajstić information content (AvgIpc) is 1.86. The van der Waals surface area contributed by atoms with Crippen molar-refractivity contribution in [3.63, 3.8) is 0 Å². The lowest BCUT2D eigenvalue weighted by molar-refractivity contribution is -0.132. The van der Waals surface area contributed by atoms with E-state index in [1.165, 1.54) is 12.3 Å². The highest BCUT2D eigenvalue weighted by atomic mass is 16.5. The molecule has 0 spiro atoms. The van der Waals surface area contributed by atoms with Gasteiger partial charge in [0.15, 0.2) is 0 Å². The van der Waals surface area contributed by atoms with Crippen LogP contribution in [0.15, 0.2) is 24.1 Å². The zero-order valence-corrected chi connectivity index (χ0v) is 6.83. The quantitative estimate of drug-likeness (QED) is 0.380. The second-order valence-corrected chi connectivity index (χ2v) is 2.11. The largest absolute Gasteiger partial charge is 0.432 e. The van der Waals surface area contributed by atoms with Gasteiger partial charge in [0.05, 0.1) is 6.26 Å². The smallest absolute Gasteiger partial charge is 0.337 e. The van der Waals surface area contributed by atoms with E-state index in [0.29, 0.717) is 5.70 Å². The van der Waals surface area contributed by atoms with Gasteiger partial charge in [-0.3, -0.25) is 0 Å². The monoisotopic (exact) mass is 155 g/mol. The normalized spacial score (nSPS) is 12.0. The minimum atomic E-state index is -0.435. The number of nitrogens with two attached hydrogens (primary N) is 1. The minimum absolute atomic E-state index is 0.435. The van der Waals surface area contributed by atoms with Gasteiger partial charge in [-0.25, -0.2) is 4.79 Å². The van der Waals surface area contributed by atoms with Crippen molar-refractivity contribution in [1.82, 2.24) is 0 Å². The molecule has 11 heavy (non-hydrogen) atoms. The molecule has 0 aliphatic rings. The summed E-state index contributed by atoms with van der Waals surface area (Å²) in [4.78, 5) is 10.7. The van der Waals surface area contributed by atoms with Crippen LogP contribution in [-0.4, -0.2) is 5.97 Å². The number of allylic oxidation sites excluding steroid dienone is 2. The number of carbonyl (C=O) groups is 1. The maximum absolute atomic E-state index is 10.7. The standard InChI is InChI=1S/C8H13NO2/c1-3-4-5-11-8(10)6-7(2)9/h4-6H,3,9H2,1-2H3/b5-4?,7-6-. The second-order valence-electron chi connectivity index (χ2n) is 2.11. The van der Waals surface area contributed by atoms with Crippen molar-refractivity contribution in [3.05, 3.63) is 24.1 Å². The van der Waals surface area contributed by atoms with Gasteiger partial charge >= 0.3 is 5.97 Å². The van der Waals surface area contributed by atoms with E-state index in [2.05, 4.69) is 4.74 Å². The highest BCUT2D eigenvalue weighted by Gasteiger charge is 1.92. The maximum Gasteiger partial charge on any atom is 0.337 e. The Balaban J connectivity index is 3.71. The fourth-order valence-electron chi connectivity index (χ4n) is 0.431. The van der Waals surface area contributed by atoms with Crippen molar-refractivity contribution in [2.75, 3.05) is 0 Å². The summed E-state index contributed by atoms with van der Waals surface area (Å²) in [6.45, 7) is 3.58.